The summed E-state index contributed by atoms with van der Waals surface area (Å²) in [5, 5.41) is 3.77. The number of fused-ring (bicyclic) bond motifs is 14. The van der Waals surface area contributed by atoms with Crippen LogP contribution in [0.4, 0.5) is 0 Å². The van der Waals surface area contributed by atoms with Crippen molar-refractivity contribution in [2.24, 2.45) is 0 Å². The van der Waals surface area contributed by atoms with Crippen LogP contribution >= 0.6 is 0 Å². The second-order valence-electron chi connectivity index (χ2n) is 28.6. The highest BCUT2D eigenvalue weighted by molar-refractivity contribution is 6.09. The number of rotatable bonds is 31. The molecule has 2 atom stereocenters. The zero-order valence-corrected chi connectivity index (χ0v) is 62.8. The van der Waals surface area contributed by atoms with Gasteiger partial charge in [-0.3, -0.25) is 19.2 Å². The van der Waals surface area contributed by atoms with Crippen molar-refractivity contribution in [3.8, 4) is 45.6 Å². The zero-order valence-electron chi connectivity index (χ0n) is 62.8. The van der Waals surface area contributed by atoms with Crippen LogP contribution in [-0.2, 0) is 74.7 Å². The molecule has 0 bridgehead atoms. The summed E-state index contributed by atoms with van der Waals surface area (Å²) >= 11 is 0. The van der Waals surface area contributed by atoms with Gasteiger partial charge in [-0.1, -0.05) is 159 Å². The number of hydrogen-bond donors (Lipinski definition) is 0. The maximum atomic E-state index is 13.3. The quantitative estimate of drug-likeness (QED) is 0.0226. The van der Waals surface area contributed by atoms with Crippen molar-refractivity contribution in [1.82, 2.24) is 0 Å². The van der Waals surface area contributed by atoms with Crippen molar-refractivity contribution in [2.75, 3.05) is 68.1 Å². The molecule has 13 rings (SSSR count). The molecule has 2 aliphatic carbocycles. The SMILES string of the molecule is C=CC1=C(C=C)C(C)(OCCOC(=O)CCC(=O)OCCC(C)(C)OCC(C)(C)OC(=O)CCC(=O)OCCOC2(C)c3ccccc3-c3c2c2c(c4ccccc34)OC(c3ccc(OC)cc3)(c3ccc(OC)cc3)C=C2)c2c3c(c4ccccc4c21)OC(c1ccc(OC)cc1)(c1ccc(OC)cc1)C=C3. The Hall–Kier alpha value is -11.2. The molecular weight excluding hydrogens is 1360 g/mol. The molecule has 108 heavy (non-hydrogen) atoms. The Morgan fingerprint density at radius 1 is 0.435 bits per heavy atom. The first-order valence-corrected chi connectivity index (χ1v) is 36.3. The lowest BCUT2D eigenvalue weighted by Gasteiger charge is -2.39. The Morgan fingerprint density at radius 3 is 1.26 bits per heavy atom. The summed E-state index contributed by atoms with van der Waals surface area (Å²) in [5.74, 6) is 1.87. The van der Waals surface area contributed by atoms with E-state index in [4.69, 9.17) is 61.6 Å². The molecule has 0 spiro atoms. The van der Waals surface area contributed by atoms with Crippen molar-refractivity contribution >= 4 is 63.1 Å². The molecule has 556 valence electrons. The van der Waals surface area contributed by atoms with Crippen LogP contribution in [0, 0.1) is 0 Å². The molecule has 4 aliphatic rings. The minimum Gasteiger partial charge on any atom is -0.497 e. The Morgan fingerprint density at radius 2 is 0.824 bits per heavy atom. The largest absolute Gasteiger partial charge is 0.497 e. The molecule has 17 nitrogen and oxygen atoms in total. The number of hydrogen-bond acceptors (Lipinski definition) is 17. The molecule has 2 aliphatic heterocycles. The van der Waals surface area contributed by atoms with Crippen LogP contribution in [0.1, 0.15) is 129 Å². The molecule has 0 radical (unpaired) electrons. The van der Waals surface area contributed by atoms with Crippen LogP contribution in [0.25, 0.3) is 50.4 Å². The Labute approximate surface area is 630 Å². The van der Waals surface area contributed by atoms with Crippen LogP contribution in [0.2, 0.25) is 0 Å². The molecule has 9 aromatic rings. The molecule has 9 aromatic carbocycles. The van der Waals surface area contributed by atoms with Gasteiger partial charge in [0, 0.05) is 61.7 Å². The van der Waals surface area contributed by atoms with Crippen molar-refractivity contribution in [1.29, 1.82) is 0 Å². The number of esters is 4. The molecule has 0 amide bonds. The van der Waals surface area contributed by atoms with E-state index in [-0.39, 0.29) is 65.3 Å². The number of ether oxygens (including phenoxy) is 13. The van der Waals surface area contributed by atoms with Gasteiger partial charge in [0.05, 0.1) is 86.2 Å². The van der Waals surface area contributed by atoms with Gasteiger partial charge in [0.25, 0.3) is 0 Å². The molecule has 0 N–H and O–H groups in total. The number of methoxy groups -OCH3 is 4. The maximum Gasteiger partial charge on any atom is 0.306 e. The lowest BCUT2D eigenvalue weighted by Crippen LogP contribution is -2.38. The molecular formula is C91H90O17. The standard InChI is InChI=1S/C91H90O17/c1-13-66-74(14-2)88(7,82-72-47-49-90(58-27-35-62(96-9)36-28-58,59-29-37-63(97-10)38-30-59)107-84(72)69-23-17-15-21-67(69)80(66)82)103-55-53-101-77(93)44-43-76(92)100-52-51-86(3,4)105-57-87(5,6)106-79(95)46-45-78(94)102-54-56-104-89(8)75-26-20-19-25-71(75)81-68-22-16-18-24-70(68)85-73(83(81)89)48-50-91(108-85,60-31-39-64(98-11)40-32-60)61-33-41-65(99-12)42-34-61/h13-42,47-50H,1-2,43-46,51-57H2,3-12H3. The Bertz CT molecular complexity index is 4930. The first-order chi connectivity index (χ1) is 52.1. The van der Waals surface area contributed by atoms with E-state index in [1.807, 2.05) is 167 Å². The summed E-state index contributed by atoms with van der Waals surface area (Å²) in [6.07, 6.45) is 11.4. The predicted octanol–water partition coefficient (Wildman–Crippen LogP) is 17.8. The monoisotopic (exact) mass is 1450 g/mol. The third-order valence-electron chi connectivity index (χ3n) is 20.8. The van der Waals surface area contributed by atoms with Gasteiger partial charge < -0.3 is 61.6 Å². The fraction of sp³-hybridized carbons (Fsp3) is 0.297. The molecule has 0 aromatic heterocycles. The topological polar surface area (TPSA) is 188 Å². The second kappa shape index (κ2) is 30.9. The van der Waals surface area contributed by atoms with Crippen molar-refractivity contribution in [2.45, 2.75) is 107 Å². The number of allylic oxidation sites excluding steroid dienone is 2. The predicted molar refractivity (Wildman–Crippen MR) is 415 cm³/mol. The summed E-state index contributed by atoms with van der Waals surface area (Å²) in [6, 6.07) is 56.1. The number of benzene rings is 9. The summed E-state index contributed by atoms with van der Waals surface area (Å²) in [7, 11) is 6.56. The molecule has 0 saturated carbocycles. The first-order valence-electron chi connectivity index (χ1n) is 36.3. The van der Waals surface area contributed by atoms with Gasteiger partial charge in [0.1, 0.15) is 64.5 Å². The minimum atomic E-state index is -1.10. The third-order valence-corrected chi connectivity index (χ3v) is 20.8. The second-order valence-corrected chi connectivity index (χ2v) is 28.6. The summed E-state index contributed by atoms with van der Waals surface area (Å²) in [5.41, 5.74) is 6.58. The van der Waals surface area contributed by atoms with Gasteiger partial charge in [-0.15, -0.1) is 0 Å². The van der Waals surface area contributed by atoms with E-state index in [2.05, 4.69) is 73.9 Å². The summed E-state index contributed by atoms with van der Waals surface area (Å²) in [4.78, 5) is 52.7. The van der Waals surface area contributed by atoms with Gasteiger partial charge >= 0.3 is 23.9 Å². The third kappa shape index (κ3) is 14.4. The van der Waals surface area contributed by atoms with E-state index >= 15 is 0 Å². The van der Waals surface area contributed by atoms with Crippen LogP contribution < -0.4 is 28.4 Å². The highest BCUT2D eigenvalue weighted by Gasteiger charge is 2.50. The lowest BCUT2D eigenvalue weighted by molar-refractivity contribution is -0.171. The van der Waals surface area contributed by atoms with Crippen molar-refractivity contribution in [3.63, 3.8) is 0 Å². The Balaban J connectivity index is 0.568. The smallest absolute Gasteiger partial charge is 0.306 e. The zero-order chi connectivity index (χ0) is 76.2. The van der Waals surface area contributed by atoms with Crippen LogP contribution in [0.3, 0.4) is 0 Å². The summed E-state index contributed by atoms with van der Waals surface area (Å²) in [6.45, 7) is 19.5. The highest BCUT2D eigenvalue weighted by Crippen LogP contribution is 2.60. The average Bonchev–Trinajstić information content (AvgIpc) is 1.50. The van der Waals surface area contributed by atoms with E-state index in [0.29, 0.717) is 29.4 Å². The molecule has 17 heteroatoms. The lowest BCUT2D eigenvalue weighted by atomic mass is 9.80. The van der Waals surface area contributed by atoms with Gasteiger partial charge in [-0.2, -0.15) is 0 Å². The summed E-state index contributed by atoms with van der Waals surface area (Å²) < 4.78 is 79.7. The van der Waals surface area contributed by atoms with Gasteiger partial charge in [-0.05, 0) is 146 Å². The van der Waals surface area contributed by atoms with Gasteiger partial charge in [-0.25, -0.2) is 0 Å². The highest BCUT2D eigenvalue weighted by atomic mass is 16.6. The molecule has 2 unspecified atom stereocenters. The van der Waals surface area contributed by atoms with Gasteiger partial charge in [0.15, 0.2) is 11.2 Å². The molecule has 0 saturated heterocycles. The molecule has 2 heterocycles. The first kappa shape index (κ1) is 75.0. The van der Waals surface area contributed by atoms with Crippen LogP contribution in [-0.4, -0.2) is 103 Å². The van der Waals surface area contributed by atoms with E-state index in [1.165, 1.54) is 0 Å². The normalized spacial score (nSPS) is 16.9. The fourth-order valence-corrected chi connectivity index (χ4v) is 15.3. The average molecular weight is 1460 g/mol. The minimum absolute atomic E-state index is 0.00112. The van der Waals surface area contributed by atoms with Crippen LogP contribution in [0.5, 0.6) is 34.5 Å². The van der Waals surface area contributed by atoms with Gasteiger partial charge in [0.2, 0.25) is 0 Å². The van der Waals surface area contributed by atoms with E-state index < -0.39 is 57.5 Å². The van der Waals surface area contributed by atoms with E-state index in [0.717, 1.165) is 111 Å². The fourth-order valence-electron chi connectivity index (χ4n) is 15.3. The maximum absolute atomic E-state index is 13.3. The van der Waals surface area contributed by atoms with Crippen molar-refractivity contribution < 1.29 is 80.8 Å². The van der Waals surface area contributed by atoms with E-state index in [1.54, 1.807) is 48.4 Å². The molecule has 0 fully saturated rings. The number of carbonyl (C=O) groups excluding carboxylic acids is 4. The number of carbonyl (C=O) groups is 4. The Kier molecular flexibility index (Phi) is 21.5. The van der Waals surface area contributed by atoms with Crippen molar-refractivity contribution in [3.05, 3.63) is 269 Å². The van der Waals surface area contributed by atoms with E-state index in [9.17, 15) is 19.2 Å². The van der Waals surface area contributed by atoms with Crippen LogP contribution in [0.15, 0.2) is 213 Å².